The van der Waals surface area contributed by atoms with Gasteiger partial charge in [0, 0.05) is 42.5 Å². The van der Waals surface area contributed by atoms with Gasteiger partial charge in [-0.3, -0.25) is 15.0 Å². The van der Waals surface area contributed by atoms with E-state index < -0.39 is 0 Å². The number of rotatable bonds is 8. The van der Waals surface area contributed by atoms with Crippen molar-refractivity contribution in [1.29, 1.82) is 0 Å². The summed E-state index contributed by atoms with van der Waals surface area (Å²) >= 11 is 0. The standard InChI is InChI=1S/C29H27N7O/c1-35(17-20-5-9-22(10-6-20)25-15-30-19-31-16-25)18-21-7-11-23(12-8-21)26-3-2-4-27-32-29(34-36(26)27)33-28(37)24-13-14-24/h2-12,15-16,19,24H,13-14,17-18H2,1H3,(H,33,34,37). The first-order valence-electron chi connectivity index (χ1n) is 12.4. The van der Waals surface area contributed by atoms with Crippen LogP contribution in [0, 0.1) is 5.92 Å². The number of benzene rings is 2. The van der Waals surface area contributed by atoms with Gasteiger partial charge in [-0.05, 0) is 48.7 Å². The second kappa shape index (κ2) is 9.91. The van der Waals surface area contributed by atoms with E-state index in [2.05, 4.69) is 85.8 Å². The molecule has 1 amide bonds. The molecule has 0 radical (unpaired) electrons. The maximum atomic E-state index is 12.1. The Morgan fingerprint density at radius 1 is 0.892 bits per heavy atom. The van der Waals surface area contributed by atoms with Crippen LogP contribution in [0.5, 0.6) is 0 Å². The summed E-state index contributed by atoms with van der Waals surface area (Å²) in [4.78, 5) is 27.1. The molecular formula is C29H27N7O. The number of hydrogen-bond acceptors (Lipinski definition) is 6. The third-order valence-electron chi connectivity index (χ3n) is 6.55. The molecule has 1 saturated carbocycles. The highest BCUT2D eigenvalue weighted by Crippen LogP contribution is 2.30. The predicted octanol–water partition coefficient (Wildman–Crippen LogP) is 4.83. The van der Waals surface area contributed by atoms with E-state index in [-0.39, 0.29) is 11.8 Å². The van der Waals surface area contributed by atoms with Crippen molar-refractivity contribution in [3.63, 3.8) is 0 Å². The van der Waals surface area contributed by atoms with Crippen LogP contribution in [0.15, 0.2) is 85.5 Å². The quantitative estimate of drug-likeness (QED) is 0.336. The molecule has 6 rings (SSSR count). The summed E-state index contributed by atoms with van der Waals surface area (Å²) in [5.41, 5.74) is 7.29. The van der Waals surface area contributed by atoms with Crippen molar-refractivity contribution in [2.75, 3.05) is 12.4 Å². The first-order valence-corrected chi connectivity index (χ1v) is 12.4. The molecule has 8 heteroatoms. The van der Waals surface area contributed by atoms with E-state index in [1.165, 1.54) is 11.1 Å². The number of hydrogen-bond donors (Lipinski definition) is 1. The van der Waals surface area contributed by atoms with Crippen LogP contribution >= 0.6 is 0 Å². The second-order valence-corrected chi connectivity index (χ2v) is 9.57. The zero-order valence-corrected chi connectivity index (χ0v) is 20.6. The molecule has 1 N–H and O–H groups in total. The Morgan fingerprint density at radius 2 is 1.54 bits per heavy atom. The van der Waals surface area contributed by atoms with Crippen molar-refractivity contribution < 1.29 is 4.79 Å². The number of nitrogens with one attached hydrogen (secondary N) is 1. The van der Waals surface area contributed by atoms with Gasteiger partial charge in [-0.2, -0.15) is 4.98 Å². The Kier molecular flexibility index (Phi) is 6.16. The van der Waals surface area contributed by atoms with Gasteiger partial charge in [0.15, 0.2) is 5.65 Å². The highest BCUT2D eigenvalue weighted by atomic mass is 16.2. The molecule has 184 valence electrons. The number of nitrogens with zero attached hydrogens (tertiary/aromatic N) is 6. The van der Waals surface area contributed by atoms with Crippen molar-refractivity contribution in [1.82, 2.24) is 29.5 Å². The van der Waals surface area contributed by atoms with Gasteiger partial charge < -0.3 is 0 Å². The topological polar surface area (TPSA) is 88.3 Å². The summed E-state index contributed by atoms with van der Waals surface area (Å²) in [5, 5.41) is 7.38. The summed E-state index contributed by atoms with van der Waals surface area (Å²) in [6.45, 7) is 1.68. The molecule has 0 aliphatic heterocycles. The number of pyridine rings is 1. The lowest BCUT2D eigenvalue weighted by atomic mass is 10.1. The van der Waals surface area contributed by atoms with Gasteiger partial charge in [0.2, 0.25) is 11.9 Å². The van der Waals surface area contributed by atoms with Crippen LogP contribution < -0.4 is 5.32 Å². The molecular weight excluding hydrogens is 462 g/mol. The number of carbonyl (C=O) groups is 1. The van der Waals surface area contributed by atoms with E-state index in [4.69, 9.17) is 0 Å². The molecule has 1 aliphatic carbocycles. The highest BCUT2D eigenvalue weighted by Gasteiger charge is 2.30. The summed E-state index contributed by atoms with van der Waals surface area (Å²) in [6.07, 6.45) is 7.09. The van der Waals surface area contributed by atoms with Gasteiger partial charge in [-0.25, -0.2) is 14.5 Å². The van der Waals surface area contributed by atoms with Crippen LogP contribution in [0.3, 0.4) is 0 Å². The van der Waals surface area contributed by atoms with Crippen LogP contribution in [0.4, 0.5) is 5.95 Å². The van der Waals surface area contributed by atoms with Crippen molar-refractivity contribution in [2.45, 2.75) is 25.9 Å². The van der Waals surface area contributed by atoms with Crippen molar-refractivity contribution >= 4 is 17.5 Å². The van der Waals surface area contributed by atoms with E-state index in [1.54, 1.807) is 10.8 Å². The fourth-order valence-corrected chi connectivity index (χ4v) is 4.45. The van der Waals surface area contributed by atoms with Gasteiger partial charge in [0.25, 0.3) is 0 Å². The lowest BCUT2D eigenvalue weighted by Gasteiger charge is -2.17. The average Bonchev–Trinajstić information content (AvgIpc) is 3.70. The van der Waals surface area contributed by atoms with Crippen LogP contribution in [0.25, 0.3) is 28.0 Å². The van der Waals surface area contributed by atoms with Crippen LogP contribution in [-0.2, 0) is 17.9 Å². The Labute approximate surface area is 215 Å². The lowest BCUT2D eigenvalue weighted by Crippen LogP contribution is -2.17. The molecule has 3 aromatic heterocycles. The number of anilines is 1. The molecule has 0 unspecified atom stereocenters. The van der Waals surface area contributed by atoms with E-state index in [1.807, 2.05) is 30.6 Å². The number of carbonyl (C=O) groups excluding carboxylic acids is 1. The van der Waals surface area contributed by atoms with Crippen LogP contribution in [0.2, 0.25) is 0 Å². The second-order valence-electron chi connectivity index (χ2n) is 9.57. The molecule has 2 aromatic carbocycles. The van der Waals surface area contributed by atoms with Crippen molar-refractivity contribution in [3.05, 3.63) is 96.6 Å². The fourth-order valence-electron chi connectivity index (χ4n) is 4.45. The molecule has 1 fully saturated rings. The molecule has 3 heterocycles. The van der Waals surface area contributed by atoms with Crippen molar-refractivity contribution in [3.8, 4) is 22.4 Å². The summed E-state index contributed by atoms with van der Waals surface area (Å²) in [6, 6.07) is 22.9. The van der Waals surface area contributed by atoms with E-state index in [9.17, 15) is 4.79 Å². The Morgan fingerprint density at radius 3 is 2.19 bits per heavy atom. The van der Waals surface area contributed by atoms with Gasteiger partial charge in [0.1, 0.15) is 6.33 Å². The first kappa shape index (κ1) is 23.0. The minimum absolute atomic E-state index is 0.00710. The molecule has 8 nitrogen and oxygen atoms in total. The molecule has 0 bridgehead atoms. The van der Waals surface area contributed by atoms with E-state index in [0.717, 1.165) is 48.3 Å². The first-order chi connectivity index (χ1) is 18.1. The van der Waals surface area contributed by atoms with Gasteiger partial charge in [-0.15, -0.1) is 5.10 Å². The predicted molar refractivity (Wildman–Crippen MR) is 142 cm³/mol. The lowest BCUT2D eigenvalue weighted by molar-refractivity contribution is -0.117. The largest absolute Gasteiger partial charge is 0.298 e. The highest BCUT2D eigenvalue weighted by molar-refractivity contribution is 5.92. The van der Waals surface area contributed by atoms with E-state index >= 15 is 0 Å². The van der Waals surface area contributed by atoms with Crippen LogP contribution in [0.1, 0.15) is 24.0 Å². The Hall–Kier alpha value is -4.43. The SMILES string of the molecule is CN(Cc1ccc(-c2cncnc2)cc1)Cc1ccc(-c2cccc3nc(NC(=O)C4CC4)nn23)cc1. The number of aromatic nitrogens is 5. The Bertz CT molecular complexity index is 1520. The molecule has 0 spiro atoms. The molecule has 0 atom stereocenters. The maximum Gasteiger partial charge on any atom is 0.249 e. The molecule has 0 saturated heterocycles. The van der Waals surface area contributed by atoms with Crippen LogP contribution in [-0.4, -0.2) is 42.4 Å². The minimum Gasteiger partial charge on any atom is -0.298 e. The summed E-state index contributed by atoms with van der Waals surface area (Å²) < 4.78 is 1.79. The third-order valence-corrected chi connectivity index (χ3v) is 6.55. The van der Waals surface area contributed by atoms with Gasteiger partial charge in [0.05, 0.1) is 5.69 Å². The zero-order valence-electron chi connectivity index (χ0n) is 20.6. The summed E-state index contributed by atoms with van der Waals surface area (Å²) in [5.74, 6) is 0.473. The molecule has 37 heavy (non-hydrogen) atoms. The third kappa shape index (κ3) is 5.24. The van der Waals surface area contributed by atoms with E-state index in [0.29, 0.717) is 11.6 Å². The summed E-state index contributed by atoms with van der Waals surface area (Å²) in [7, 11) is 2.13. The molecule has 5 aromatic rings. The maximum absolute atomic E-state index is 12.1. The monoisotopic (exact) mass is 489 g/mol. The fraction of sp³-hybridized carbons (Fsp3) is 0.207. The van der Waals surface area contributed by atoms with Gasteiger partial charge in [-0.1, -0.05) is 54.6 Å². The normalized spacial score (nSPS) is 13.2. The zero-order chi connectivity index (χ0) is 25.2. The average molecular weight is 490 g/mol. The minimum atomic E-state index is 0.00710. The smallest absolute Gasteiger partial charge is 0.249 e. The van der Waals surface area contributed by atoms with Gasteiger partial charge >= 0.3 is 0 Å². The number of fused-ring (bicyclic) bond motifs is 1. The number of amides is 1. The van der Waals surface area contributed by atoms with Crippen molar-refractivity contribution in [2.24, 2.45) is 5.92 Å². The Balaban J connectivity index is 1.12. The molecule has 1 aliphatic rings.